The number of nitrogens with two attached hydrogens (primary N) is 1. The normalized spacial score (nSPS) is 13.2. The van der Waals surface area contributed by atoms with E-state index in [4.69, 9.17) is 5.84 Å². The Morgan fingerprint density at radius 3 is 2.33 bits per heavy atom. The molecule has 0 amide bonds. The van der Waals surface area contributed by atoms with E-state index in [9.17, 15) is 17.6 Å². The first-order valence-electron chi connectivity index (χ1n) is 6.22. The van der Waals surface area contributed by atoms with Crippen molar-refractivity contribution in [3.8, 4) is 0 Å². The van der Waals surface area contributed by atoms with Crippen LogP contribution in [0.3, 0.4) is 0 Å². The van der Waals surface area contributed by atoms with Crippen LogP contribution in [0, 0.1) is 12.7 Å². The van der Waals surface area contributed by atoms with Crippen molar-refractivity contribution in [2.24, 2.45) is 5.84 Å². The molecule has 0 aliphatic heterocycles. The van der Waals surface area contributed by atoms with Crippen molar-refractivity contribution in [1.29, 1.82) is 0 Å². The van der Waals surface area contributed by atoms with E-state index >= 15 is 0 Å². The number of hydrogen-bond acceptors (Lipinski definition) is 2. The largest absolute Gasteiger partial charge is 0.416 e. The summed E-state index contributed by atoms with van der Waals surface area (Å²) < 4.78 is 51.3. The van der Waals surface area contributed by atoms with E-state index in [0.717, 1.165) is 12.1 Å². The first-order chi connectivity index (χ1) is 9.82. The highest BCUT2D eigenvalue weighted by Gasteiger charge is 2.31. The predicted octanol–water partition coefficient (Wildman–Crippen LogP) is 3.71. The molecule has 6 heteroatoms. The van der Waals surface area contributed by atoms with Crippen molar-refractivity contribution in [2.45, 2.75) is 19.1 Å². The van der Waals surface area contributed by atoms with Gasteiger partial charge in [0.05, 0.1) is 11.6 Å². The Balaban J connectivity index is 2.44. The summed E-state index contributed by atoms with van der Waals surface area (Å²) in [7, 11) is 0. The Kier molecular flexibility index (Phi) is 4.29. The molecule has 0 saturated carbocycles. The second-order valence-electron chi connectivity index (χ2n) is 4.72. The Hall–Kier alpha value is -1.92. The average Bonchev–Trinajstić information content (AvgIpc) is 2.40. The van der Waals surface area contributed by atoms with E-state index in [1.807, 2.05) is 0 Å². The molecule has 2 nitrogen and oxygen atoms in total. The summed E-state index contributed by atoms with van der Waals surface area (Å²) in [6.45, 7) is 1.56. The fraction of sp³-hybridized carbons (Fsp3) is 0.200. The summed E-state index contributed by atoms with van der Waals surface area (Å²) in [6.07, 6.45) is -4.40. The molecule has 2 aromatic rings. The van der Waals surface area contributed by atoms with E-state index < -0.39 is 23.6 Å². The molecular weight excluding hydrogens is 284 g/mol. The van der Waals surface area contributed by atoms with Gasteiger partial charge in [-0.15, -0.1) is 0 Å². The van der Waals surface area contributed by atoms with Crippen LogP contribution in [0.2, 0.25) is 0 Å². The minimum absolute atomic E-state index is 0.428. The van der Waals surface area contributed by atoms with Gasteiger partial charge >= 0.3 is 6.18 Å². The first kappa shape index (κ1) is 15.5. The number of nitrogens with one attached hydrogen (secondary N) is 1. The maximum atomic E-state index is 13.3. The molecule has 0 aliphatic rings. The Bertz CT molecular complexity index is 638. The van der Waals surface area contributed by atoms with Crippen LogP contribution in [0.15, 0.2) is 42.5 Å². The topological polar surface area (TPSA) is 38.0 Å². The van der Waals surface area contributed by atoms with Gasteiger partial charge in [0.25, 0.3) is 0 Å². The van der Waals surface area contributed by atoms with Crippen LogP contribution in [0.1, 0.15) is 28.3 Å². The van der Waals surface area contributed by atoms with Gasteiger partial charge in [-0.3, -0.25) is 5.84 Å². The highest BCUT2D eigenvalue weighted by Crippen LogP contribution is 2.33. The van der Waals surface area contributed by atoms with Gasteiger partial charge in [0, 0.05) is 0 Å². The van der Waals surface area contributed by atoms with Crippen molar-refractivity contribution in [1.82, 2.24) is 5.43 Å². The molecule has 1 unspecified atom stereocenters. The van der Waals surface area contributed by atoms with Crippen molar-refractivity contribution in [2.75, 3.05) is 0 Å². The summed E-state index contributed by atoms with van der Waals surface area (Å²) in [6, 6.07) is 8.58. The molecule has 2 aromatic carbocycles. The third kappa shape index (κ3) is 3.40. The van der Waals surface area contributed by atoms with Gasteiger partial charge in [-0.05, 0) is 47.9 Å². The third-order valence-corrected chi connectivity index (χ3v) is 3.26. The molecule has 112 valence electrons. The Labute approximate surface area is 119 Å². The second kappa shape index (κ2) is 5.83. The van der Waals surface area contributed by atoms with Gasteiger partial charge in [0.15, 0.2) is 0 Å². The zero-order valence-electron chi connectivity index (χ0n) is 11.2. The number of aryl methyl sites for hydroxylation is 1. The second-order valence-corrected chi connectivity index (χ2v) is 4.72. The molecule has 0 saturated heterocycles. The van der Waals surface area contributed by atoms with Gasteiger partial charge in [-0.2, -0.15) is 13.2 Å². The van der Waals surface area contributed by atoms with E-state index in [2.05, 4.69) is 5.43 Å². The average molecular weight is 298 g/mol. The summed E-state index contributed by atoms with van der Waals surface area (Å²) >= 11 is 0. The molecule has 1 atom stereocenters. The maximum Gasteiger partial charge on any atom is 0.416 e. The molecule has 0 spiro atoms. The van der Waals surface area contributed by atoms with E-state index in [-0.39, 0.29) is 0 Å². The fourth-order valence-electron chi connectivity index (χ4n) is 2.23. The summed E-state index contributed by atoms with van der Waals surface area (Å²) in [5.74, 6) is 5.05. The summed E-state index contributed by atoms with van der Waals surface area (Å²) in [5.41, 5.74) is 3.33. The minimum Gasteiger partial charge on any atom is -0.271 e. The first-order valence-corrected chi connectivity index (χ1v) is 6.22. The van der Waals surface area contributed by atoms with Crippen LogP contribution in [0.25, 0.3) is 0 Å². The third-order valence-electron chi connectivity index (χ3n) is 3.26. The number of alkyl halides is 3. The van der Waals surface area contributed by atoms with Crippen molar-refractivity contribution in [3.05, 3.63) is 70.5 Å². The van der Waals surface area contributed by atoms with E-state index in [1.165, 1.54) is 24.3 Å². The molecular formula is C15H14F4N2. The molecule has 0 aromatic heterocycles. The maximum absolute atomic E-state index is 13.3. The van der Waals surface area contributed by atoms with Gasteiger partial charge in [-0.1, -0.05) is 18.2 Å². The molecule has 0 fully saturated rings. The van der Waals surface area contributed by atoms with Gasteiger partial charge < -0.3 is 0 Å². The van der Waals surface area contributed by atoms with Crippen LogP contribution in [0.4, 0.5) is 17.6 Å². The Morgan fingerprint density at radius 2 is 1.81 bits per heavy atom. The van der Waals surface area contributed by atoms with Crippen molar-refractivity contribution in [3.63, 3.8) is 0 Å². The fourth-order valence-corrected chi connectivity index (χ4v) is 2.23. The molecule has 0 radical (unpaired) electrons. The van der Waals surface area contributed by atoms with Crippen LogP contribution in [0.5, 0.6) is 0 Å². The van der Waals surface area contributed by atoms with Crippen LogP contribution in [-0.2, 0) is 6.18 Å². The van der Waals surface area contributed by atoms with Gasteiger partial charge in [0.1, 0.15) is 5.82 Å². The molecule has 3 N–H and O–H groups in total. The Morgan fingerprint density at radius 1 is 1.10 bits per heavy atom. The predicted molar refractivity (Wildman–Crippen MR) is 71.7 cm³/mol. The van der Waals surface area contributed by atoms with Gasteiger partial charge in [0.2, 0.25) is 0 Å². The lowest BCUT2D eigenvalue weighted by Crippen LogP contribution is -2.29. The zero-order chi connectivity index (χ0) is 15.6. The molecule has 0 bridgehead atoms. The highest BCUT2D eigenvalue weighted by atomic mass is 19.4. The lowest BCUT2D eigenvalue weighted by atomic mass is 9.94. The number of hydrazine groups is 1. The highest BCUT2D eigenvalue weighted by molar-refractivity contribution is 5.39. The quantitative estimate of drug-likeness (QED) is 0.515. The molecule has 0 heterocycles. The van der Waals surface area contributed by atoms with Gasteiger partial charge in [-0.25, -0.2) is 9.82 Å². The number of halogens is 4. The van der Waals surface area contributed by atoms with Crippen LogP contribution < -0.4 is 11.3 Å². The van der Waals surface area contributed by atoms with Crippen LogP contribution >= 0.6 is 0 Å². The zero-order valence-corrected chi connectivity index (χ0v) is 11.2. The molecule has 2 rings (SSSR count). The number of rotatable bonds is 3. The van der Waals surface area contributed by atoms with E-state index in [0.29, 0.717) is 16.7 Å². The smallest absolute Gasteiger partial charge is 0.271 e. The van der Waals surface area contributed by atoms with Crippen molar-refractivity contribution >= 4 is 0 Å². The lowest BCUT2D eigenvalue weighted by Gasteiger charge is -2.20. The summed E-state index contributed by atoms with van der Waals surface area (Å²) in [4.78, 5) is 0. The summed E-state index contributed by atoms with van der Waals surface area (Å²) in [5, 5.41) is 0. The van der Waals surface area contributed by atoms with Crippen LogP contribution in [-0.4, -0.2) is 0 Å². The van der Waals surface area contributed by atoms with Crippen molar-refractivity contribution < 1.29 is 17.6 Å². The SMILES string of the molecule is Cc1cc(C(F)(F)F)ccc1C(NN)c1cccc(F)c1. The number of hydrogen-bond donors (Lipinski definition) is 2. The van der Waals surface area contributed by atoms with E-state index in [1.54, 1.807) is 13.0 Å². The number of benzene rings is 2. The lowest BCUT2D eigenvalue weighted by molar-refractivity contribution is -0.137. The minimum atomic E-state index is -4.40. The molecule has 0 aliphatic carbocycles. The standard InChI is InChI=1S/C15H14F4N2/c1-9-7-11(15(17,18)19)5-6-13(9)14(21-20)10-3-2-4-12(16)8-10/h2-8,14,21H,20H2,1H3. The molecule has 21 heavy (non-hydrogen) atoms. The monoisotopic (exact) mass is 298 g/mol.